The number of nitro groups is 1. The van der Waals surface area contributed by atoms with E-state index < -0.39 is 4.92 Å². The van der Waals surface area contributed by atoms with Crippen molar-refractivity contribution in [2.24, 2.45) is 0 Å². The van der Waals surface area contributed by atoms with Crippen molar-refractivity contribution in [2.75, 3.05) is 0 Å². The van der Waals surface area contributed by atoms with E-state index >= 15 is 0 Å². The summed E-state index contributed by atoms with van der Waals surface area (Å²) in [6, 6.07) is 14.1. The van der Waals surface area contributed by atoms with Gasteiger partial charge in [0.2, 0.25) is 0 Å². The van der Waals surface area contributed by atoms with Gasteiger partial charge in [-0.2, -0.15) is 5.10 Å². The Morgan fingerprint density at radius 3 is 2.59 bits per heavy atom. The molecule has 5 rings (SSSR count). The summed E-state index contributed by atoms with van der Waals surface area (Å²) >= 11 is 6.55. The van der Waals surface area contributed by atoms with E-state index in [0.717, 1.165) is 11.1 Å². The molecule has 0 atom stereocenters. The molecule has 0 radical (unpaired) electrons. The summed E-state index contributed by atoms with van der Waals surface area (Å²) in [5, 5.41) is 17.8. The molecule has 0 unspecified atom stereocenters. The van der Waals surface area contributed by atoms with Crippen LogP contribution < -0.4 is 0 Å². The van der Waals surface area contributed by atoms with E-state index in [1.807, 2.05) is 30.3 Å². The monoisotopic (exact) mass is 375 g/mol. The van der Waals surface area contributed by atoms with Crippen LogP contribution >= 0.6 is 11.6 Å². The lowest BCUT2D eigenvalue weighted by Gasteiger charge is -2.07. The van der Waals surface area contributed by atoms with Crippen molar-refractivity contribution in [2.45, 2.75) is 0 Å². The van der Waals surface area contributed by atoms with Crippen molar-refractivity contribution in [3.05, 3.63) is 76.1 Å². The molecular weight excluding hydrogens is 366 g/mol. The van der Waals surface area contributed by atoms with E-state index in [9.17, 15) is 10.1 Å². The van der Waals surface area contributed by atoms with Crippen molar-refractivity contribution in [3.63, 3.8) is 0 Å². The number of benzene rings is 2. The van der Waals surface area contributed by atoms with Crippen LogP contribution in [0.2, 0.25) is 5.02 Å². The quantitative estimate of drug-likeness (QED) is 0.254. The molecule has 0 bridgehead atoms. The van der Waals surface area contributed by atoms with Gasteiger partial charge in [-0.1, -0.05) is 29.8 Å². The summed E-state index contributed by atoms with van der Waals surface area (Å²) in [6.45, 7) is 0. The highest BCUT2D eigenvalue weighted by molar-refractivity contribution is 6.41. The second-order valence-corrected chi connectivity index (χ2v) is 6.41. The van der Waals surface area contributed by atoms with Gasteiger partial charge in [-0.25, -0.2) is 14.6 Å². The molecule has 3 aromatic heterocycles. The Morgan fingerprint density at radius 2 is 1.81 bits per heavy atom. The van der Waals surface area contributed by atoms with Crippen molar-refractivity contribution in [1.29, 1.82) is 0 Å². The molecule has 5 aromatic rings. The van der Waals surface area contributed by atoms with Gasteiger partial charge in [-0.15, -0.1) is 0 Å². The molecule has 8 heteroatoms. The van der Waals surface area contributed by atoms with E-state index in [4.69, 9.17) is 11.6 Å². The van der Waals surface area contributed by atoms with Crippen LogP contribution in [0.4, 0.5) is 5.69 Å². The average Bonchev–Trinajstić information content (AvgIpc) is 3.13. The van der Waals surface area contributed by atoms with E-state index in [-0.39, 0.29) is 5.69 Å². The maximum absolute atomic E-state index is 11.1. The van der Waals surface area contributed by atoms with Gasteiger partial charge in [0.1, 0.15) is 0 Å². The van der Waals surface area contributed by atoms with Crippen LogP contribution in [0.3, 0.4) is 0 Å². The van der Waals surface area contributed by atoms with Gasteiger partial charge in [-0.3, -0.25) is 10.1 Å². The normalized spacial score (nSPS) is 11.4. The SMILES string of the molecule is O=[N+]([O-])c1ccc2nc3c(cnc4c3cnn4-c3ccccc3)c(Cl)c2c1. The first kappa shape index (κ1) is 15.7. The predicted octanol–water partition coefficient (Wildman–Crippen LogP) is 4.68. The molecule has 0 aliphatic rings. The predicted molar refractivity (Wildman–Crippen MR) is 103 cm³/mol. The standard InChI is InChI=1S/C19H10ClN5O2/c20-17-13-8-12(25(26)27)6-7-16(13)23-18-14(17)9-21-19-15(18)10-22-24(19)11-4-2-1-3-5-11/h1-10H. The topological polar surface area (TPSA) is 86.7 Å². The minimum absolute atomic E-state index is 0.0310. The lowest BCUT2D eigenvalue weighted by atomic mass is 10.1. The van der Waals surface area contributed by atoms with Crippen LogP contribution in [0.25, 0.3) is 38.5 Å². The lowest BCUT2D eigenvalue weighted by molar-refractivity contribution is -0.384. The van der Waals surface area contributed by atoms with E-state index in [1.165, 1.54) is 12.1 Å². The fourth-order valence-electron chi connectivity index (χ4n) is 3.18. The van der Waals surface area contributed by atoms with Crippen LogP contribution in [-0.4, -0.2) is 24.7 Å². The summed E-state index contributed by atoms with van der Waals surface area (Å²) < 4.78 is 1.74. The van der Waals surface area contributed by atoms with E-state index in [1.54, 1.807) is 23.1 Å². The lowest BCUT2D eigenvalue weighted by Crippen LogP contribution is -1.97. The highest BCUT2D eigenvalue weighted by Gasteiger charge is 2.16. The second kappa shape index (κ2) is 5.72. The number of non-ortho nitro benzene ring substituents is 1. The average molecular weight is 376 g/mol. The highest BCUT2D eigenvalue weighted by atomic mass is 35.5. The molecule has 0 N–H and O–H groups in total. The minimum atomic E-state index is -0.453. The fourth-order valence-corrected chi connectivity index (χ4v) is 3.47. The van der Waals surface area contributed by atoms with Crippen LogP contribution in [0.15, 0.2) is 60.9 Å². The molecule has 2 aromatic carbocycles. The number of para-hydroxylation sites is 1. The Balaban J connectivity index is 1.84. The summed E-state index contributed by atoms with van der Waals surface area (Å²) in [6.07, 6.45) is 3.34. The molecule has 0 aliphatic heterocycles. The Hall–Kier alpha value is -3.58. The van der Waals surface area contributed by atoms with Gasteiger partial charge in [-0.05, 0) is 18.2 Å². The number of hydrogen-bond donors (Lipinski definition) is 0. The van der Waals surface area contributed by atoms with E-state index in [0.29, 0.717) is 32.5 Å². The Labute approximate surface area is 157 Å². The molecule has 0 fully saturated rings. The fraction of sp³-hybridized carbons (Fsp3) is 0. The first-order valence-electron chi connectivity index (χ1n) is 8.09. The van der Waals surface area contributed by atoms with Gasteiger partial charge in [0.15, 0.2) is 5.65 Å². The summed E-state index contributed by atoms with van der Waals surface area (Å²) in [4.78, 5) is 19.8. The molecule has 0 aliphatic carbocycles. The third-order valence-electron chi connectivity index (χ3n) is 4.47. The van der Waals surface area contributed by atoms with Crippen LogP contribution in [-0.2, 0) is 0 Å². The molecule has 0 saturated carbocycles. The smallest absolute Gasteiger partial charge is 0.258 e. The number of hydrogen-bond acceptors (Lipinski definition) is 5. The number of rotatable bonds is 2. The first-order valence-corrected chi connectivity index (χ1v) is 8.47. The zero-order valence-corrected chi connectivity index (χ0v) is 14.5. The second-order valence-electron chi connectivity index (χ2n) is 6.03. The number of nitrogens with zero attached hydrogens (tertiary/aromatic N) is 5. The number of aromatic nitrogens is 4. The van der Waals surface area contributed by atoms with Gasteiger partial charge >= 0.3 is 0 Å². The number of pyridine rings is 2. The zero-order valence-electron chi connectivity index (χ0n) is 13.7. The zero-order chi connectivity index (χ0) is 18.5. The Kier molecular flexibility index (Phi) is 3.32. The van der Waals surface area contributed by atoms with Crippen LogP contribution in [0.1, 0.15) is 0 Å². The third kappa shape index (κ3) is 2.32. The summed E-state index contributed by atoms with van der Waals surface area (Å²) in [5.74, 6) is 0. The van der Waals surface area contributed by atoms with Gasteiger partial charge < -0.3 is 0 Å². The van der Waals surface area contributed by atoms with Crippen molar-refractivity contribution < 1.29 is 4.92 Å². The van der Waals surface area contributed by atoms with Crippen molar-refractivity contribution >= 4 is 50.1 Å². The number of nitro benzene ring substituents is 1. The first-order chi connectivity index (χ1) is 13.1. The molecular formula is C19H10ClN5O2. The molecule has 0 saturated heterocycles. The van der Waals surface area contributed by atoms with E-state index in [2.05, 4.69) is 15.1 Å². The molecule has 0 spiro atoms. The summed E-state index contributed by atoms with van der Waals surface area (Å²) in [7, 11) is 0. The molecule has 7 nitrogen and oxygen atoms in total. The van der Waals surface area contributed by atoms with Crippen molar-refractivity contribution in [3.8, 4) is 5.69 Å². The molecule has 27 heavy (non-hydrogen) atoms. The molecule has 3 heterocycles. The number of fused-ring (bicyclic) bond motifs is 4. The maximum Gasteiger partial charge on any atom is 0.270 e. The van der Waals surface area contributed by atoms with Gasteiger partial charge in [0.25, 0.3) is 5.69 Å². The maximum atomic E-state index is 11.1. The third-order valence-corrected chi connectivity index (χ3v) is 4.87. The molecule has 130 valence electrons. The van der Waals surface area contributed by atoms with Crippen LogP contribution in [0.5, 0.6) is 0 Å². The van der Waals surface area contributed by atoms with Crippen LogP contribution in [0, 0.1) is 10.1 Å². The van der Waals surface area contributed by atoms with Gasteiger partial charge in [0.05, 0.1) is 38.2 Å². The van der Waals surface area contributed by atoms with Gasteiger partial charge in [0, 0.05) is 29.1 Å². The Bertz CT molecular complexity index is 1360. The highest BCUT2D eigenvalue weighted by Crippen LogP contribution is 2.35. The minimum Gasteiger partial charge on any atom is -0.258 e. The largest absolute Gasteiger partial charge is 0.270 e. The van der Waals surface area contributed by atoms with Crippen molar-refractivity contribution in [1.82, 2.24) is 19.7 Å². The summed E-state index contributed by atoms with van der Waals surface area (Å²) in [5.41, 5.74) is 2.77. The Morgan fingerprint density at radius 1 is 1.00 bits per heavy atom. The molecule has 0 amide bonds. The number of halogens is 1.